The molecule has 1 aromatic heterocycles. The molecule has 11 heavy (non-hydrogen) atoms. The molecule has 0 atom stereocenters. The zero-order valence-corrected chi connectivity index (χ0v) is 8.05. The molecule has 0 radical (unpaired) electrons. The lowest BCUT2D eigenvalue weighted by molar-refractivity contribution is 0.391. The minimum absolute atomic E-state index is 0.592. The third-order valence-electron chi connectivity index (χ3n) is 1.28. The molecular formula is C7H9BrN2O. The van der Waals surface area contributed by atoms with Crippen LogP contribution < -0.4 is 4.74 Å². The van der Waals surface area contributed by atoms with Gasteiger partial charge >= 0.3 is 0 Å². The van der Waals surface area contributed by atoms with Crippen LogP contribution in [-0.2, 0) is 5.33 Å². The van der Waals surface area contributed by atoms with Gasteiger partial charge in [0.1, 0.15) is 0 Å². The summed E-state index contributed by atoms with van der Waals surface area (Å²) in [6, 6.07) is 0. The molecule has 0 aliphatic carbocycles. The predicted molar refractivity (Wildman–Crippen MR) is 46.0 cm³/mol. The Labute approximate surface area is 73.9 Å². The van der Waals surface area contributed by atoms with E-state index in [1.54, 1.807) is 13.3 Å². The number of ether oxygens (including phenoxy) is 1. The van der Waals surface area contributed by atoms with Gasteiger partial charge in [0.25, 0.3) is 0 Å². The lowest BCUT2D eigenvalue weighted by atomic mass is 10.4. The van der Waals surface area contributed by atoms with Crippen LogP contribution in [0.2, 0.25) is 0 Å². The molecule has 3 nitrogen and oxygen atoms in total. The van der Waals surface area contributed by atoms with Crippen molar-refractivity contribution in [3.05, 3.63) is 17.6 Å². The van der Waals surface area contributed by atoms with Crippen LogP contribution >= 0.6 is 15.9 Å². The fourth-order valence-corrected chi connectivity index (χ4v) is 1.05. The van der Waals surface area contributed by atoms with Crippen molar-refractivity contribution in [2.45, 2.75) is 12.3 Å². The van der Waals surface area contributed by atoms with E-state index in [0.29, 0.717) is 5.88 Å². The van der Waals surface area contributed by atoms with Crippen LogP contribution in [-0.4, -0.2) is 17.1 Å². The maximum atomic E-state index is 4.96. The predicted octanol–water partition coefficient (Wildman–Crippen LogP) is 1.69. The highest BCUT2D eigenvalue weighted by molar-refractivity contribution is 9.08. The molecule has 1 aromatic rings. The first-order valence-electron chi connectivity index (χ1n) is 3.20. The van der Waals surface area contributed by atoms with Gasteiger partial charge in [-0.3, -0.25) is 4.98 Å². The molecule has 60 valence electrons. The first kappa shape index (κ1) is 8.46. The minimum atomic E-state index is 0.592. The minimum Gasteiger partial charge on any atom is -0.480 e. The molecule has 0 aromatic carbocycles. The summed E-state index contributed by atoms with van der Waals surface area (Å²) in [7, 11) is 1.59. The molecule has 0 amide bonds. The van der Waals surface area contributed by atoms with E-state index in [4.69, 9.17) is 4.74 Å². The summed E-state index contributed by atoms with van der Waals surface area (Å²) in [5, 5.41) is 0.727. The third kappa shape index (κ3) is 1.89. The Morgan fingerprint density at radius 1 is 1.64 bits per heavy atom. The number of aromatic nitrogens is 2. The van der Waals surface area contributed by atoms with E-state index in [0.717, 1.165) is 16.7 Å². The van der Waals surface area contributed by atoms with E-state index >= 15 is 0 Å². The standard InChI is InChI=1S/C7H9BrN2O/c1-5-7(11-2)9-4-6(3-8)10-5/h4H,3H2,1-2H3. The van der Waals surface area contributed by atoms with Gasteiger partial charge in [-0.25, -0.2) is 4.98 Å². The zero-order valence-electron chi connectivity index (χ0n) is 6.47. The Hall–Kier alpha value is -0.640. The fraction of sp³-hybridized carbons (Fsp3) is 0.429. The Morgan fingerprint density at radius 2 is 2.36 bits per heavy atom. The summed E-state index contributed by atoms with van der Waals surface area (Å²) in [5.41, 5.74) is 1.74. The van der Waals surface area contributed by atoms with Gasteiger partial charge in [0, 0.05) is 5.33 Å². The maximum Gasteiger partial charge on any atom is 0.235 e. The Kier molecular flexibility index (Phi) is 2.82. The number of halogens is 1. The smallest absolute Gasteiger partial charge is 0.235 e. The summed E-state index contributed by atoms with van der Waals surface area (Å²) in [6.45, 7) is 1.87. The van der Waals surface area contributed by atoms with Crippen molar-refractivity contribution in [3.63, 3.8) is 0 Å². The number of aryl methyl sites for hydroxylation is 1. The van der Waals surface area contributed by atoms with Crippen molar-refractivity contribution in [2.24, 2.45) is 0 Å². The van der Waals surface area contributed by atoms with E-state index in [1.807, 2.05) is 6.92 Å². The first-order chi connectivity index (χ1) is 5.27. The van der Waals surface area contributed by atoms with E-state index in [-0.39, 0.29) is 0 Å². The van der Waals surface area contributed by atoms with E-state index < -0.39 is 0 Å². The highest BCUT2D eigenvalue weighted by Crippen LogP contribution is 2.11. The van der Waals surface area contributed by atoms with Gasteiger partial charge in [0.2, 0.25) is 5.88 Å². The van der Waals surface area contributed by atoms with Gasteiger partial charge in [-0.15, -0.1) is 0 Å². The molecule has 0 bridgehead atoms. The van der Waals surface area contributed by atoms with Crippen molar-refractivity contribution in [1.29, 1.82) is 0 Å². The molecule has 0 unspecified atom stereocenters. The molecule has 0 N–H and O–H groups in total. The maximum absolute atomic E-state index is 4.96. The van der Waals surface area contributed by atoms with Crippen LogP contribution in [0.25, 0.3) is 0 Å². The van der Waals surface area contributed by atoms with Gasteiger partial charge in [0.05, 0.1) is 24.7 Å². The van der Waals surface area contributed by atoms with Gasteiger partial charge in [0.15, 0.2) is 0 Å². The van der Waals surface area contributed by atoms with Gasteiger partial charge < -0.3 is 4.74 Å². The fourth-order valence-electron chi connectivity index (χ4n) is 0.783. The molecule has 4 heteroatoms. The number of methoxy groups -OCH3 is 1. The average molecular weight is 217 g/mol. The van der Waals surface area contributed by atoms with Gasteiger partial charge in [-0.05, 0) is 6.92 Å². The lowest BCUT2D eigenvalue weighted by Crippen LogP contribution is -1.96. The van der Waals surface area contributed by atoms with E-state index in [1.165, 1.54) is 0 Å². The normalized spacial score (nSPS) is 9.73. The van der Waals surface area contributed by atoms with Crippen LogP contribution in [0.4, 0.5) is 0 Å². The van der Waals surface area contributed by atoms with Crippen molar-refractivity contribution in [1.82, 2.24) is 9.97 Å². The number of hydrogen-bond donors (Lipinski definition) is 0. The second kappa shape index (κ2) is 3.67. The molecule has 0 saturated heterocycles. The molecule has 0 aliphatic rings. The van der Waals surface area contributed by atoms with Crippen molar-refractivity contribution in [2.75, 3.05) is 7.11 Å². The highest BCUT2D eigenvalue weighted by atomic mass is 79.9. The van der Waals surface area contributed by atoms with Crippen LogP contribution in [0, 0.1) is 6.92 Å². The summed E-state index contributed by atoms with van der Waals surface area (Å²) < 4.78 is 4.96. The number of alkyl halides is 1. The second-order valence-corrected chi connectivity index (χ2v) is 2.65. The molecule has 1 rings (SSSR count). The summed E-state index contributed by atoms with van der Waals surface area (Å²) >= 11 is 3.29. The quantitative estimate of drug-likeness (QED) is 0.707. The summed E-state index contributed by atoms with van der Waals surface area (Å²) in [6.07, 6.45) is 1.70. The topological polar surface area (TPSA) is 35.0 Å². The molecule has 1 heterocycles. The van der Waals surface area contributed by atoms with Crippen molar-refractivity contribution < 1.29 is 4.74 Å². The van der Waals surface area contributed by atoms with Crippen molar-refractivity contribution in [3.8, 4) is 5.88 Å². The summed E-state index contributed by atoms with van der Waals surface area (Å²) in [5.74, 6) is 0.592. The largest absolute Gasteiger partial charge is 0.480 e. The van der Waals surface area contributed by atoms with Gasteiger partial charge in [-0.1, -0.05) is 15.9 Å². The van der Waals surface area contributed by atoms with E-state index in [9.17, 15) is 0 Å². The molecular weight excluding hydrogens is 208 g/mol. The molecule has 0 aliphatic heterocycles. The van der Waals surface area contributed by atoms with Crippen LogP contribution in [0.15, 0.2) is 6.20 Å². The molecule has 0 saturated carbocycles. The monoisotopic (exact) mass is 216 g/mol. The Bertz CT molecular complexity index is 252. The zero-order chi connectivity index (χ0) is 8.27. The molecule has 0 fully saturated rings. The Balaban J connectivity index is 2.99. The highest BCUT2D eigenvalue weighted by Gasteiger charge is 2.00. The molecule has 0 spiro atoms. The summed E-state index contributed by atoms with van der Waals surface area (Å²) in [4.78, 5) is 8.28. The van der Waals surface area contributed by atoms with Crippen LogP contribution in [0.1, 0.15) is 11.4 Å². The van der Waals surface area contributed by atoms with E-state index in [2.05, 4.69) is 25.9 Å². The van der Waals surface area contributed by atoms with Crippen molar-refractivity contribution >= 4 is 15.9 Å². The second-order valence-electron chi connectivity index (χ2n) is 2.09. The third-order valence-corrected chi connectivity index (χ3v) is 1.86. The number of hydrogen-bond acceptors (Lipinski definition) is 3. The van der Waals surface area contributed by atoms with Gasteiger partial charge in [-0.2, -0.15) is 0 Å². The SMILES string of the molecule is COc1ncc(CBr)nc1C. The lowest BCUT2D eigenvalue weighted by Gasteiger charge is -2.02. The van der Waals surface area contributed by atoms with Crippen LogP contribution in [0.5, 0.6) is 5.88 Å². The Morgan fingerprint density at radius 3 is 2.82 bits per heavy atom. The average Bonchev–Trinajstić information content (AvgIpc) is 2.04. The van der Waals surface area contributed by atoms with Crippen LogP contribution in [0.3, 0.4) is 0 Å². The first-order valence-corrected chi connectivity index (χ1v) is 4.32. The number of rotatable bonds is 2. The number of nitrogens with zero attached hydrogens (tertiary/aromatic N) is 2.